The van der Waals surface area contributed by atoms with Gasteiger partial charge in [0.2, 0.25) is 0 Å². The molecular weight excluding hydrogens is 448 g/mol. The lowest BCUT2D eigenvalue weighted by Gasteiger charge is -2.09. The molecule has 0 fully saturated rings. The molecule has 2 N–H and O–H groups in total. The van der Waals surface area contributed by atoms with Crippen molar-refractivity contribution in [1.29, 1.82) is 0 Å². The largest absolute Gasteiger partial charge is 0.503 e. The van der Waals surface area contributed by atoms with Gasteiger partial charge in [-0.05, 0) is 77.0 Å². The molecule has 2 heterocycles. The highest BCUT2D eigenvalue weighted by molar-refractivity contribution is 9.10. The average molecular weight is 465 g/mol. The quantitative estimate of drug-likeness (QED) is 0.422. The third kappa shape index (κ3) is 3.71. The molecule has 2 aromatic carbocycles. The van der Waals surface area contributed by atoms with E-state index in [9.17, 15) is 14.7 Å². The zero-order valence-electron chi connectivity index (χ0n) is 16.0. The van der Waals surface area contributed by atoms with Crippen LogP contribution in [0.15, 0.2) is 59.3 Å². The Bertz CT molecular complexity index is 1190. The van der Waals surface area contributed by atoms with Gasteiger partial charge in [-0.15, -0.1) is 0 Å². The molecule has 0 saturated carbocycles. The lowest BCUT2D eigenvalue weighted by atomic mass is 9.98. The molecule has 150 valence electrons. The Labute approximate surface area is 181 Å². The molecule has 0 spiro atoms. The number of phenols is 1. The van der Waals surface area contributed by atoms with Crippen molar-refractivity contribution in [3.8, 4) is 11.5 Å². The van der Waals surface area contributed by atoms with Gasteiger partial charge >= 0.3 is 0 Å². The van der Waals surface area contributed by atoms with E-state index in [1.807, 2.05) is 6.92 Å². The van der Waals surface area contributed by atoms with Crippen LogP contribution in [0.5, 0.6) is 11.5 Å². The number of amides is 1. The monoisotopic (exact) mass is 464 g/mol. The van der Waals surface area contributed by atoms with Crippen LogP contribution in [0.25, 0.3) is 11.6 Å². The van der Waals surface area contributed by atoms with Crippen LogP contribution in [-0.4, -0.2) is 28.4 Å². The van der Waals surface area contributed by atoms with Crippen molar-refractivity contribution in [2.45, 2.75) is 6.92 Å². The summed E-state index contributed by atoms with van der Waals surface area (Å²) in [4.78, 5) is 29.3. The molecule has 0 saturated heterocycles. The molecule has 1 amide bonds. The van der Waals surface area contributed by atoms with E-state index in [0.29, 0.717) is 50.3 Å². The van der Waals surface area contributed by atoms with Crippen molar-refractivity contribution in [3.63, 3.8) is 0 Å². The van der Waals surface area contributed by atoms with Crippen LogP contribution >= 0.6 is 15.9 Å². The standard InChI is InChI=1S/C23H17BrN2O4/c1-2-30-20-11-13(10-18(24)22(20)28)9-17-16-12-15(3-4-19(16)26-23(17)29)21(27)14-5-7-25-8-6-14/h3-12,28H,2H2,1H3,(H,26,29)/b17-9-. The maximum absolute atomic E-state index is 12.8. The van der Waals surface area contributed by atoms with Gasteiger partial charge in [0.05, 0.1) is 11.1 Å². The first kappa shape index (κ1) is 19.8. The second kappa shape index (κ2) is 8.12. The molecule has 0 aliphatic carbocycles. The summed E-state index contributed by atoms with van der Waals surface area (Å²) in [6, 6.07) is 11.8. The van der Waals surface area contributed by atoms with Crippen LogP contribution in [0.1, 0.15) is 34.0 Å². The number of pyridine rings is 1. The Morgan fingerprint density at radius 2 is 1.93 bits per heavy atom. The summed E-state index contributed by atoms with van der Waals surface area (Å²) < 4.78 is 5.92. The van der Waals surface area contributed by atoms with Crippen molar-refractivity contribution in [2.24, 2.45) is 0 Å². The van der Waals surface area contributed by atoms with Gasteiger partial charge in [0.25, 0.3) is 5.91 Å². The van der Waals surface area contributed by atoms with Crippen LogP contribution in [0, 0.1) is 0 Å². The number of fused-ring (bicyclic) bond motifs is 1. The first-order chi connectivity index (χ1) is 14.5. The molecule has 0 unspecified atom stereocenters. The Morgan fingerprint density at radius 1 is 1.17 bits per heavy atom. The van der Waals surface area contributed by atoms with E-state index >= 15 is 0 Å². The number of anilines is 1. The number of nitrogens with zero attached hydrogens (tertiary/aromatic N) is 1. The lowest BCUT2D eigenvalue weighted by Crippen LogP contribution is -2.03. The molecular formula is C23H17BrN2O4. The number of phenolic OH excluding ortho intramolecular Hbond substituents is 1. The first-order valence-corrected chi connectivity index (χ1v) is 10.0. The first-order valence-electron chi connectivity index (χ1n) is 9.25. The molecule has 1 aliphatic rings. The number of benzene rings is 2. The number of aromatic nitrogens is 1. The fourth-order valence-electron chi connectivity index (χ4n) is 3.25. The van der Waals surface area contributed by atoms with Gasteiger partial charge in [-0.1, -0.05) is 0 Å². The number of hydrogen-bond acceptors (Lipinski definition) is 5. The Balaban J connectivity index is 1.76. The topological polar surface area (TPSA) is 88.5 Å². The van der Waals surface area contributed by atoms with Crippen molar-refractivity contribution >= 4 is 45.0 Å². The predicted molar refractivity (Wildman–Crippen MR) is 118 cm³/mol. The highest BCUT2D eigenvalue weighted by atomic mass is 79.9. The minimum absolute atomic E-state index is 0.000470. The van der Waals surface area contributed by atoms with E-state index < -0.39 is 0 Å². The van der Waals surface area contributed by atoms with Crippen molar-refractivity contribution in [1.82, 2.24) is 4.98 Å². The Kier molecular flexibility index (Phi) is 5.37. The van der Waals surface area contributed by atoms with Crippen LogP contribution in [-0.2, 0) is 4.79 Å². The summed E-state index contributed by atoms with van der Waals surface area (Å²) in [5.74, 6) is -0.0925. The molecule has 0 atom stereocenters. The Morgan fingerprint density at radius 3 is 2.67 bits per heavy atom. The van der Waals surface area contributed by atoms with Gasteiger partial charge in [0.15, 0.2) is 17.3 Å². The third-order valence-electron chi connectivity index (χ3n) is 4.67. The van der Waals surface area contributed by atoms with Gasteiger partial charge in [-0.2, -0.15) is 0 Å². The molecule has 0 bridgehead atoms. The normalized spacial score (nSPS) is 13.8. The van der Waals surface area contributed by atoms with Gasteiger partial charge in [0.1, 0.15) is 0 Å². The summed E-state index contributed by atoms with van der Waals surface area (Å²) in [6.07, 6.45) is 4.83. The van der Waals surface area contributed by atoms with Crippen molar-refractivity contribution in [3.05, 3.63) is 81.6 Å². The van der Waals surface area contributed by atoms with E-state index in [1.54, 1.807) is 60.9 Å². The number of nitrogens with one attached hydrogen (secondary N) is 1. The van der Waals surface area contributed by atoms with Gasteiger partial charge in [-0.3, -0.25) is 14.6 Å². The number of carbonyl (C=O) groups excluding carboxylic acids is 2. The van der Waals surface area contributed by atoms with Crippen LogP contribution in [0.4, 0.5) is 5.69 Å². The maximum Gasteiger partial charge on any atom is 0.256 e. The summed E-state index contributed by atoms with van der Waals surface area (Å²) in [5, 5.41) is 12.9. The van der Waals surface area contributed by atoms with Crippen LogP contribution in [0.3, 0.4) is 0 Å². The summed E-state index contributed by atoms with van der Waals surface area (Å²) >= 11 is 3.31. The average Bonchev–Trinajstić information content (AvgIpc) is 3.06. The number of hydrogen-bond donors (Lipinski definition) is 2. The van der Waals surface area contributed by atoms with E-state index in [-0.39, 0.29) is 17.4 Å². The molecule has 1 aliphatic heterocycles. The minimum atomic E-state index is -0.263. The SMILES string of the molecule is CCOc1cc(/C=C2\C(=O)Nc3ccc(C(=O)c4ccncc4)cc32)cc(Br)c1O. The number of ether oxygens (including phenoxy) is 1. The predicted octanol–water partition coefficient (Wildman–Crippen LogP) is 4.67. The summed E-state index contributed by atoms with van der Waals surface area (Å²) in [6.45, 7) is 2.21. The molecule has 6 nitrogen and oxygen atoms in total. The number of aromatic hydroxyl groups is 1. The van der Waals surface area contributed by atoms with Gasteiger partial charge in [-0.25, -0.2) is 0 Å². The summed E-state index contributed by atoms with van der Waals surface area (Å²) in [7, 11) is 0. The maximum atomic E-state index is 12.8. The van der Waals surface area contributed by atoms with E-state index in [1.165, 1.54) is 0 Å². The van der Waals surface area contributed by atoms with E-state index in [4.69, 9.17) is 4.74 Å². The second-order valence-corrected chi connectivity index (χ2v) is 7.47. The number of rotatable bonds is 5. The van der Waals surface area contributed by atoms with E-state index in [0.717, 1.165) is 0 Å². The van der Waals surface area contributed by atoms with Gasteiger partial charge in [0, 0.05) is 40.3 Å². The smallest absolute Gasteiger partial charge is 0.256 e. The van der Waals surface area contributed by atoms with Crippen molar-refractivity contribution in [2.75, 3.05) is 11.9 Å². The minimum Gasteiger partial charge on any atom is -0.503 e. The lowest BCUT2D eigenvalue weighted by molar-refractivity contribution is -0.110. The highest BCUT2D eigenvalue weighted by Gasteiger charge is 2.26. The highest BCUT2D eigenvalue weighted by Crippen LogP contribution is 2.38. The fourth-order valence-corrected chi connectivity index (χ4v) is 3.71. The fraction of sp³-hybridized carbons (Fsp3) is 0.0870. The molecule has 1 aromatic heterocycles. The molecule has 0 radical (unpaired) electrons. The number of carbonyl (C=O) groups is 2. The van der Waals surface area contributed by atoms with Gasteiger partial charge < -0.3 is 15.2 Å². The number of ketones is 1. The van der Waals surface area contributed by atoms with Crippen LogP contribution < -0.4 is 10.1 Å². The number of halogens is 1. The molecule has 30 heavy (non-hydrogen) atoms. The second-order valence-electron chi connectivity index (χ2n) is 6.62. The molecule has 3 aromatic rings. The zero-order chi connectivity index (χ0) is 21.3. The van der Waals surface area contributed by atoms with Crippen molar-refractivity contribution < 1.29 is 19.4 Å². The Hall–Kier alpha value is -3.45. The molecule has 7 heteroatoms. The summed E-state index contributed by atoms with van der Waals surface area (Å²) in [5.41, 5.74) is 3.38. The van der Waals surface area contributed by atoms with E-state index in [2.05, 4.69) is 26.2 Å². The third-order valence-corrected chi connectivity index (χ3v) is 5.27. The van der Waals surface area contributed by atoms with Crippen LogP contribution in [0.2, 0.25) is 0 Å². The molecule has 4 rings (SSSR count). The zero-order valence-corrected chi connectivity index (χ0v) is 17.6.